The van der Waals surface area contributed by atoms with Crippen molar-refractivity contribution in [3.63, 3.8) is 0 Å². The number of sulfone groups is 1. The quantitative estimate of drug-likeness (QED) is 0.898. The number of hydrogen-bond acceptors (Lipinski definition) is 4. The number of nitrogens with zero attached hydrogens (tertiary/aromatic N) is 2. The first-order valence-corrected chi connectivity index (χ1v) is 9.39. The minimum Gasteiger partial charge on any atom is -0.341 e. The van der Waals surface area contributed by atoms with E-state index in [0.717, 1.165) is 16.8 Å². The lowest BCUT2D eigenvalue weighted by molar-refractivity contribution is -0.130. The molecule has 0 unspecified atom stereocenters. The second kappa shape index (κ2) is 6.60. The van der Waals surface area contributed by atoms with Crippen molar-refractivity contribution in [3.05, 3.63) is 53.6 Å². The van der Waals surface area contributed by atoms with E-state index in [1.807, 2.05) is 30.3 Å². The lowest BCUT2D eigenvalue weighted by atomic mass is 10.1. The summed E-state index contributed by atoms with van der Waals surface area (Å²) >= 11 is 0. The predicted molar refractivity (Wildman–Crippen MR) is 91.5 cm³/mol. The van der Waals surface area contributed by atoms with Crippen molar-refractivity contribution < 1.29 is 13.2 Å². The summed E-state index contributed by atoms with van der Waals surface area (Å²) in [5.74, 6) is -0.294. The van der Waals surface area contributed by atoms with E-state index in [4.69, 9.17) is 0 Å². The van der Waals surface area contributed by atoms with Crippen LogP contribution >= 0.6 is 0 Å². The fourth-order valence-corrected chi connectivity index (χ4v) is 4.18. The summed E-state index contributed by atoms with van der Waals surface area (Å²) in [4.78, 5) is 14.0. The fraction of sp³-hybridized carbons (Fsp3) is 0.294. The van der Waals surface area contributed by atoms with E-state index in [2.05, 4.69) is 10.2 Å². The number of rotatable bonds is 5. The van der Waals surface area contributed by atoms with Gasteiger partial charge in [-0.15, -0.1) is 0 Å². The van der Waals surface area contributed by atoms with Crippen molar-refractivity contribution in [1.29, 1.82) is 0 Å². The Morgan fingerprint density at radius 3 is 2.75 bits per heavy atom. The Balaban J connectivity index is 1.65. The zero-order valence-electron chi connectivity index (χ0n) is 13.3. The van der Waals surface area contributed by atoms with Gasteiger partial charge in [0.15, 0.2) is 9.84 Å². The normalized spacial score (nSPS) is 18.6. The Morgan fingerprint density at radius 1 is 1.33 bits per heavy atom. The van der Waals surface area contributed by atoms with Crippen LogP contribution in [0.3, 0.4) is 0 Å². The smallest absolute Gasteiger partial charge is 0.223 e. The summed E-state index contributed by atoms with van der Waals surface area (Å²) in [5, 5.41) is 8.25. The molecule has 0 radical (unpaired) electrons. The third-order valence-corrected chi connectivity index (χ3v) is 5.52. The topological polar surface area (TPSA) is 83.1 Å². The van der Waals surface area contributed by atoms with Crippen molar-refractivity contribution >= 4 is 15.7 Å². The van der Waals surface area contributed by atoms with Crippen LogP contribution in [-0.4, -0.2) is 42.2 Å². The van der Waals surface area contributed by atoms with Gasteiger partial charge in [-0.25, -0.2) is 8.42 Å². The maximum atomic E-state index is 12.4. The number of allylic oxidation sites excluding steroid dienone is 1. The van der Waals surface area contributed by atoms with E-state index >= 15 is 0 Å². The number of H-pyrrole nitrogens is 1. The molecule has 1 atom stereocenters. The van der Waals surface area contributed by atoms with Crippen LogP contribution in [0, 0.1) is 5.92 Å². The fourth-order valence-electron chi connectivity index (χ4n) is 2.78. The number of aromatic nitrogens is 2. The zero-order chi connectivity index (χ0) is 17.2. The molecule has 7 heteroatoms. The molecule has 6 nitrogen and oxygen atoms in total. The number of amides is 1. The van der Waals surface area contributed by atoms with E-state index in [-0.39, 0.29) is 24.0 Å². The summed E-state index contributed by atoms with van der Waals surface area (Å²) in [6, 6.07) is 9.79. The third-order valence-electron chi connectivity index (χ3n) is 4.05. The standard InChI is InChI=1S/C17H19N3O3S/c1-20(16(21)9-13-7-8-24(22,23)12-13)11-15-10-18-19-17(15)14-5-3-2-4-6-14/h2-8,10,13H,9,11-12H2,1H3,(H,18,19)/t13-/m1/s1. The molecule has 0 bridgehead atoms. The van der Waals surface area contributed by atoms with Crippen LogP contribution in [0.1, 0.15) is 12.0 Å². The molecule has 1 aromatic carbocycles. The van der Waals surface area contributed by atoms with Crippen molar-refractivity contribution in [2.24, 2.45) is 5.92 Å². The molecular weight excluding hydrogens is 326 g/mol. The Kier molecular flexibility index (Phi) is 4.53. The van der Waals surface area contributed by atoms with Crippen molar-refractivity contribution in [3.8, 4) is 11.3 Å². The molecule has 0 fully saturated rings. The van der Waals surface area contributed by atoms with Crippen LogP contribution in [0.2, 0.25) is 0 Å². The number of carbonyl (C=O) groups is 1. The second-order valence-electron chi connectivity index (χ2n) is 6.01. The van der Waals surface area contributed by atoms with Gasteiger partial charge in [-0.05, 0) is 5.56 Å². The number of hydrogen-bond donors (Lipinski definition) is 1. The van der Waals surface area contributed by atoms with E-state index in [9.17, 15) is 13.2 Å². The monoisotopic (exact) mass is 345 g/mol. The van der Waals surface area contributed by atoms with Crippen molar-refractivity contribution in [1.82, 2.24) is 15.1 Å². The van der Waals surface area contributed by atoms with E-state index in [1.54, 1.807) is 24.2 Å². The Hall–Kier alpha value is -2.41. The maximum Gasteiger partial charge on any atom is 0.223 e. The first-order valence-electron chi connectivity index (χ1n) is 7.67. The molecule has 1 amide bonds. The predicted octanol–water partition coefficient (Wildman–Crippen LogP) is 1.98. The number of benzene rings is 1. The molecule has 0 saturated carbocycles. The molecule has 1 aromatic heterocycles. The SMILES string of the molecule is CN(Cc1cn[nH]c1-c1ccccc1)C(=O)C[C@H]1C=CS(=O)(=O)C1. The lowest BCUT2D eigenvalue weighted by Gasteiger charge is -2.18. The number of nitrogens with one attached hydrogen (secondary N) is 1. The molecule has 1 aliphatic rings. The summed E-state index contributed by atoms with van der Waals surface area (Å²) in [5.41, 5.74) is 2.82. The summed E-state index contributed by atoms with van der Waals surface area (Å²) in [6.45, 7) is 0.419. The highest BCUT2D eigenvalue weighted by Gasteiger charge is 2.25. The van der Waals surface area contributed by atoms with Crippen LogP contribution in [-0.2, 0) is 21.2 Å². The minimum atomic E-state index is -3.13. The Morgan fingerprint density at radius 2 is 2.08 bits per heavy atom. The number of carbonyl (C=O) groups excluding carboxylic acids is 1. The van der Waals surface area contributed by atoms with Crippen molar-refractivity contribution in [2.45, 2.75) is 13.0 Å². The van der Waals surface area contributed by atoms with Gasteiger partial charge >= 0.3 is 0 Å². The van der Waals surface area contributed by atoms with Crippen LogP contribution in [0.4, 0.5) is 0 Å². The summed E-state index contributed by atoms with van der Waals surface area (Å²) in [7, 11) is -1.41. The second-order valence-corrected chi connectivity index (χ2v) is 7.94. The van der Waals surface area contributed by atoms with Gasteiger partial charge in [0.2, 0.25) is 5.91 Å². The average molecular weight is 345 g/mol. The van der Waals surface area contributed by atoms with Crippen LogP contribution in [0.5, 0.6) is 0 Å². The molecule has 24 heavy (non-hydrogen) atoms. The molecule has 2 aromatic rings. The number of aromatic amines is 1. The van der Waals surface area contributed by atoms with Gasteiger partial charge in [0, 0.05) is 36.9 Å². The molecule has 0 aliphatic carbocycles. The Labute approximate surface area is 141 Å². The van der Waals surface area contributed by atoms with Gasteiger partial charge < -0.3 is 4.90 Å². The van der Waals surface area contributed by atoms with Crippen LogP contribution in [0.25, 0.3) is 11.3 Å². The molecule has 0 spiro atoms. The highest BCUT2D eigenvalue weighted by molar-refractivity contribution is 7.94. The molecule has 126 valence electrons. The van der Waals surface area contributed by atoms with Gasteiger partial charge in [0.05, 0.1) is 17.6 Å². The molecule has 3 rings (SSSR count). The van der Waals surface area contributed by atoms with Gasteiger partial charge in [-0.2, -0.15) is 5.10 Å². The van der Waals surface area contributed by atoms with Crippen LogP contribution < -0.4 is 0 Å². The Bertz CT molecular complexity index is 856. The first-order chi connectivity index (χ1) is 11.4. The highest BCUT2D eigenvalue weighted by Crippen LogP contribution is 2.23. The molecule has 1 aliphatic heterocycles. The summed E-state index contributed by atoms with van der Waals surface area (Å²) < 4.78 is 22.9. The van der Waals surface area contributed by atoms with E-state index in [1.165, 1.54) is 5.41 Å². The van der Waals surface area contributed by atoms with Crippen LogP contribution in [0.15, 0.2) is 48.0 Å². The molecular formula is C17H19N3O3S. The zero-order valence-corrected chi connectivity index (χ0v) is 14.2. The summed E-state index contributed by atoms with van der Waals surface area (Å²) in [6.07, 6.45) is 3.52. The van der Waals surface area contributed by atoms with Crippen molar-refractivity contribution in [2.75, 3.05) is 12.8 Å². The van der Waals surface area contributed by atoms with Gasteiger partial charge in [0.1, 0.15) is 0 Å². The third kappa shape index (κ3) is 3.73. The van der Waals surface area contributed by atoms with E-state index in [0.29, 0.717) is 6.54 Å². The molecule has 0 saturated heterocycles. The maximum absolute atomic E-state index is 12.4. The van der Waals surface area contributed by atoms with Gasteiger partial charge in [0.25, 0.3) is 0 Å². The average Bonchev–Trinajstić information content (AvgIpc) is 3.14. The largest absolute Gasteiger partial charge is 0.341 e. The highest BCUT2D eigenvalue weighted by atomic mass is 32.2. The first kappa shape index (κ1) is 16.4. The minimum absolute atomic E-state index is 0.0214. The molecule has 1 N–H and O–H groups in total. The van der Waals surface area contributed by atoms with Gasteiger partial charge in [-0.3, -0.25) is 9.89 Å². The lowest BCUT2D eigenvalue weighted by Crippen LogP contribution is -2.28. The van der Waals surface area contributed by atoms with Gasteiger partial charge in [-0.1, -0.05) is 36.4 Å². The van der Waals surface area contributed by atoms with E-state index < -0.39 is 9.84 Å². The molecule has 2 heterocycles.